The van der Waals surface area contributed by atoms with Gasteiger partial charge in [0.05, 0.1) is 26.4 Å². The molecule has 0 radical (unpaired) electrons. The topological polar surface area (TPSA) is 237 Å². The molecule has 5 unspecified atom stereocenters. The van der Waals surface area contributed by atoms with E-state index in [2.05, 4.69) is 55.4 Å². The van der Waals surface area contributed by atoms with Crippen LogP contribution in [-0.4, -0.2) is 96.7 Å². The molecule has 0 aliphatic carbocycles. The van der Waals surface area contributed by atoms with Gasteiger partial charge in [-0.05, 0) is 49.4 Å². The second kappa shape index (κ2) is 65.4. The lowest BCUT2D eigenvalue weighted by Gasteiger charge is -2.21. The van der Waals surface area contributed by atoms with Crippen molar-refractivity contribution in [1.29, 1.82) is 0 Å². The molecule has 95 heavy (non-hydrogen) atoms. The lowest BCUT2D eigenvalue weighted by molar-refractivity contribution is -0.161. The van der Waals surface area contributed by atoms with Crippen LogP contribution in [0.25, 0.3) is 0 Å². The largest absolute Gasteiger partial charge is 0.472 e. The molecule has 0 aromatic rings. The summed E-state index contributed by atoms with van der Waals surface area (Å²) in [5.74, 6) is 0.951. The summed E-state index contributed by atoms with van der Waals surface area (Å²) in [6, 6.07) is 0. The molecular formula is C76H148O17P2. The first-order valence-electron chi connectivity index (χ1n) is 39.3. The molecule has 17 nitrogen and oxygen atoms in total. The third-order valence-electron chi connectivity index (χ3n) is 18.7. The van der Waals surface area contributed by atoms with Gasteiger partial charge in [0.1, 0.15) is 19.3 Å². The average Bonchev–Trinajstić information content (AvgIpc) is 1.71. The van der Waals surface area contributed by atoms with Gasteiger partial charge in [0.2, 0.25) is 0 Å². The van der Waals surface area contributed by atoms with Gasteiger partial charge < -0.3 is 33.8 Å². The fourth-order valence-corrected chi connectivity index (χ4v) is 13.0. The Balaban J connectivity index is 5.19. The molecule has 0 rings (SSSR count). The van der Waals surface area contributed by atoms with E-state index in [0.717, 1.165) is 120 Å². The molecule has 564 valence electrons. The molecule has 8 atom stereocenters. The van der Waals surface area contributed by atoms with E-state index < -0.39 is 97.5 Å². The van der Waals surface area contributed by atoms with E-state index in [1.165, 1.54) is 180 Å². The van der Waals surface area contributed by atoms with Crippen molar-refractivity contribution < 1.29 is 80.2 Å². The standard InChI is InChI=1S/C76H148O17P2/c1-9-67(6)53-45-37-29-25-22-23-27-31-42-50-58-75(80)92-71(62-86-73(78)56-48-40-30-26-21-19-17-15-13-12-14-16-18-20-24-28-36-44-52-66(4)5)64-90-94(82,83)88-60-70(77)61-89-95(84,85)91-65-72(93-76(81)59-51-43-35-33-39-47-55-69(8)11-3)63-87-74(79)57-49-41-34-32-38-46-54-68(7)10-2/h66-72,77H,9-65H2,1-8H3,(H,82,83)(H,84,85)/t67?,68?,69?,70-,71-,72-/m1/s1. The number of phosphoric acid groups is 2. The van der Waals surface area contributed by atoms with Crippen LogP contribution in [0.4, 0.5) is 0 Å². The van der Waals surface area contributed by atoms with Crippen molar-refractivity contribution in [2.45, 2.75) is 401 Å². The van der Waals surface area contributed by atoms with E-state index in [1.54, 1.807) is 0 Å². The predicted octanol–water partition coefficient (Wildman–Crippen LogP) is 22.0. The van der Waals surface area contributed by atoms with Crippen LogP contribution in [0.2, 0.25) is 0 Å². The minimum atomic E-state index is -4.96. The molecule has 0 aromatic carbocycles. The minimum Gasteiger partial charge on any atom is -0.462 e. The van der Waals surface area contributed by atoms with Crippen LogP contribution in [0, 0.1) is 23.7 Å². The Morgan fingerprint density at radius 2 is 0.505 bits per heavy atom. The molecule has 0 saturated heterocycles. The molecule has 0 aliphatic rings. The smallest absolute Gasteiger partial charge is 0.462 e. The third-order valence-corrected chi connectivity index (χ3v) is 20.6. The molecule has 0 aliphatic heterocycles. The number of carbonyl (C=O) groups is 4. The van der Waals surface area contributed by atoms with Gasteiger partial charge in [0, 0.05) is 25.7 Å². The summed E-state index contributed by atoms with van der Waals surface area (Å²) in [7, 11) is -9.91. The molecule has 0 amide bonds. The molecule has 0 spiro atoms. The van der Waals surface area contributed by atoms with Gasteiger partial charge in [-0.15, -0.1) is 0 Å². The number of carbonyl (C=O) groups excluding carboxylic acids is 4. The van der Waals surface area contributed by atoms with Crippen molar-refractivity contribution in [2.24, 2.45) is 23.7 Å². The van der Waals surface area contributed by atoms with E-state index in [9.17, 15) is 43.2 Å². The van der Waals surface area contributed by atoms with Crippen LogP contribution in [0.3, 0.4) is 0 Å². The first-order chi connectivity index (χ1) is 45.7. The van der Waals surface area contributed by atoms with Gasteiger partial charge >= 0.3 is 39.5 Å². The predicted molar refractivity (Wildman–Crippen MR) is 386 cm³/mol. The number of ether oxygens (including phenoxy) is 4. The first kappa shape index (κ1) is 93.1. The van der Waals surface area contributed by atoms with Gasteiger partial charge in [0.25, 0.3) is 0 Å². The molecule has 0 fully saturated rings. The van der Waals surface area contributed by atoms with Crippen LogP contribution in [-0.2, 0) is 65.4 Å². The summed E-state index contributed by atoms with van der Waals surface area (Å²) >= 11 is 0. The number of unbranched alkanes of at least 4 members (excludes halogenated alkanes) is 36. The van der Waals surface area contributed by atoms with E-state index in [4.69, 9.17) is 37.0 Å². The quantitative estimate of drug-likeness (QED) is 0.0222. The van der Waals surface area contributed by atoms with Crippen molar-refractivity contribution in [3.8, 4) is 0 Å². The maximum Gasteiger partial charge on any atom is 0.472 e. The molecule has 0 heterocycles. The molecule has 0 saturated carbocycles. The average molecular weight is 1400 g/mol. The first-order valence-corrected chi connectivity index (χ1v) is 42.3. The number of hydrogen-bond donors (Lipinski definition) is 3. The van der Waals surface area contributed by atoms with Crippen molar-refractivity contribution in [1.82, 2.24) is 0 Å². The van der Waals surface area contributed by atoms with E-state index in [-0.39, 0.29) is 25.7 Å². The third kappa shape index (κ3) is 66.4. The maximum absolute atomic E-state index is 13.1. The summed E-state index contributed by atoms with van der Waals surface area (Å²) in [6.07, 6.45) is 50.1. The molecule has 0 bridgehead atoms. The van der Waals surface area contributed by atoms with Gasteiger partial charge in [-0.1, -0.05) is 331 Å². The Morgan fingerprint density at radius 3 is 0.747 bits per heavy atom. The number of phosphoric ester groups is 2. The van der Waals surface area contributed by atoms with Crippen LogP contribution in [0.5, 0.6) is 0 Å². The summed E-state index contributed by atoms with van der Waals surface area (Å²) in [4.78, 5) is 72.7. The van der Waals surface area contributed by atoms with Crippen molar-refractivity contribution in [3.05, 3.63) is 0 Å². The summed E-state index contributed by atoms with van der Waals surface area (Å²) in [5, 5.41) is 10.6. The highest BCUT2D eigenvalue weighted by Crippen LogP contribution is 2.45. The second-order valence-electron chi connectivity index (χ2n) is 28.6. The number of rotatable bonds is 73. The lowest BCUT2D eigenvalue weighted by atomic mass is 9.99. The monoisotopic (exact) mass is 1400 g/mol. The molecule has 3 N–H and O–H groups in total. The molecule has 0 aromatic heterocycles. The van der Waals surface area contributed by atoms with Gasteiger partial charge in [-0.3, -0.25) is 37.3 Å². The molecular weight excluding hydrogens is 1250 g/mol. The van der Waals surface area contributed by atoms with Crippen LogP contribution in [0.1, 0.15) is 383 Å². The normalized spacial score (nSPS) is 15.0. The van der Waals surface area contributed by atoms with Crippen molar-refractivity contribution in [2.75, 3.05) is 39.6 Å². The fourth-order valence-electron chi connectivity index (χ4n) is 11.5. The Bertz CT molecular complexity index is 1870. The zero-order chi connectivity index (χ0) is 70.3. The second-order valence-corrected chi connectivity index (χ2v) is 31.5. The zero-order valence-electron chi connectivity index (χ0n) is 62.3. The molecule has 19 heteroatoms. The van der Waals surface area contributed by atoms with E-state index >= 15 is 0 Å². The van der Waals surface area contributed by atoms with Gasteiger partial charge in [-0.2, -0.15) is 0 Å². The Morgan fingerprint density at radius 1 is 0.295 bits per heavy atom. The Hall–Kier alpha value is -1.94. The lowest BCUT2D eigenvalue weighted by Crippen LogP contribution is -2.30. The van der Waals surface area contributed by atoms with Crippen molar-refractivity contribution >= 4 is 39.5 Å². The van der Waals surface area contributed by atoms with Crippen molar-refractivity contribution in [3.63, 3.8) is 0 Å². The minimum absolute atomic E-state index is 0.102. The van der Waals surface area contributed by atoms with Crippen LogP contribution < -0.4 is 0 Å². The highest BCUT2D eigenvalue weighted by Gasteiger charge is 2.30. The summed E-state index contributed by atoms with van der Waals surface area (Å²) in [6.45, 7) is 14.2. The Kier molecular flexibility index (Phi) is 64.0. The Labute approximate surface area is 581 Å². The van der Waals surface area contributed by atoms with Crippen LogP contribution >= 0.6 is 15.6 Å². The number of esters is 4. The number of hydrogen-bond acceptors (Lipinski definition) is 15. The summed E-state index contributed by atoms with van der Waals surface area (Å²) in [5.41, 5.74) is 0. The number of aliphatic hydroxyl groups is 1. The van der Waals surface area contributed by atoms with E-state index in [0.29, 0.717) is 25.7 Å². The van der Waals surface area contributed by atoms with Crippen LogP contribution in [0.15, 0.2) is 0 Å². The van der Waals surface area contributed by atoms with Gasteiger partial charge in [0.15, 0.2) is 12.2 Å². The fraction of sp³-hybridized carbons (Fsp3) is 0.947. The number of aliphatic hydroxyl groups excluding tert-OH is 1. The maximum atomic E-state index is 13.1. The van der Waals surface area contributed by atoms with E-state index in [1.807, 2.05) is 0 Å². The zero-order valence-corrected chi connectivity index (χ0v) is 64.1. The van der Waals surface area contributed by atoms with Gasteiger partial charge in [-0.25, -0.2) is 9.13 Å². The highest BCUT2D eigenvalue weighted by atomic mass is 31.2. The summed E-state index contributed by atoms with van der Waals surface area (Å²) < 4.78 is 68.4. The SMILES string of the molecule is CCC(C)CCCCCCCCCCCCC(=O)O[C@H](COC(=O)CCCCCCCCCCCCCCCCCCCCC(C)C)COP(=O)(O)OC[C@@H](O)COP(=O)(O)OC[C@@H](COC(=O)CCCCCCCCC(C)CC)OC(=O)CCCCCCCCC(C)CC. The highest BCUT2D eigenvalue weighted by molar-refractivity contribution is 7.47.